The van der Waals surface area contributed by atoms with Crippen LogP contribution < -0.4 is 0 Å². The van der Waals surface area contributed by atoms with E-state index in [1.807, 2.05) is 6.07 Å². The van der Waals surface area contributed by atoms with Crippen molar-refractivity contribution in [2.24, 2.45) is 0 Å². The Labute approximate surface area is 120 Å². The van der Waals surface area contributed by atoms with E-state index in [0.29, 0.717) is 5.92 Å². The van der Waals surface area contributed by atoms with Crippen LogP contribution in [0.3, 0.4) is 0 Å². The quantitative estimate of drug-likeness (QED) is 0.641. The van der Waals surface area contributed by atoms with Gasteiger partial charge in [-0.15, -0.1) is 0 Å². The summed E-state index contributed by atoms with van der Waals surface area (Å²) < 4.78 is 0. The Morgan fingerprint density at radius 2 is 1.68 bits per heavy atom. The van der Waals surface area contributed by atoms with Crippen LogP contribution in [-0.2, 0) is 0 Å². The molecule has 19 heavy (non-hydrogen) atoms. The monoisotopic (exact) mass is 270 g/mol. The highest BCUT2D eigenvalue weighted by Gasteiger charge is 2.23. The summed E-state index contributed by atoms with van der Waals surface area (Å²) in [6.45, 7) is 4.42. The number of hydrogen-bond acceptors (Lipinski definition) is 0. The standard InChI is InChI=1S/C18H19Cl/c1-12(2)16-9-10-18(19)17(11-16)15-7-5-14(6-8-15)13-3-4-13/h5-13H,3-4H2,1-2H3. The number of rotatable bonds is 3. The van der Waals surface area contributed by atoms with E-state index >= 15 is 0 Å². The van der Waals surface area contributed by atoms with Crippen molar-refractivity contribution in [2.45, 2.75) is 38.5 Å². The van der Waals surface area contributed by atoms with Crippen molar-refractivity contribution in [3.63, 3.8) is 0 Å². The third kappa shape index (κ3) is 2.69. The Morgan fingerprint density at radius 1 is 1.00 bits per heavy atom. The molecule has 1 saturated carbocycles. The summed E-state index contributed by atoms with van der Waals surface area (Å²) in [4.78, 5) is 0. The van der Waals surface area contributed by atoms with Crippen molar-refractivity contribution in [3.05, 3.63) is 58.6 Å². The van der Waals surface area contributed by atoms with E-state index in [-0.39, 0.29) is 0 Å². The Morgan fingerprint density at radius 3 is 2.26 bits per heavy atom. The van der Waals surface area contributed by atoms with E-state index in [9.17, 15) is 0 Å². The third-order valence-electron chi connectivity index (χ3n) is 3.93. The van der Waals surface area contributed by atoms with Crippen LogP contribution >= 0.6 is 11.6 Å². The number of hydrogen-bond donors (Lipinski definition) is 0. The summed E-state index contributed by atoms with van der Waals surface area (Å²) >= 11 is 6.35. The minimum Gasteiger partial charge on any atom is -0.0837 e. The second-order valence-corrected chi connectivity index (χ2v) is 6.20. The van der Waals surface area contributed by atoms with E-state index in [4.69, 9.17) is 11.6 Å². The van der Waals surface area contributed by atoms with Crippen LogP contribution in [0, 0.1) is 0 Å². The van der Waals surface area contributed by atoms with Crippen LogP contribution in [0.2, 0.25) is 5.02 Å². The molecule has 0 bridgehead atoms. The van der Waals surface area contributed by atoms with Crippen molar-refractivity contribution in [1.29, 1.82) is 0 Å². The zero-order valence-corrected chi connectivity index (χ0v) is 12.2. The summed E-state index contributed by atoms with van der Waals surface area (Å²) in [6, 6.07) is 15.3. The second kappa shape index (κ2) is 5.02. The average Bonchev–Trinajstić information content (AvgIpc) is 3.23. The molecule has 0 nitrogen and oxygen atoms in total. The minimum atomic E-state index is 0.529. The fourth-order valence-corrected chi connectivity index (χ4v) is 2.70. The van der Waals surface area contributed by atoms with Gasteiger partial charge in [0.05, 0.1) is 0 Å². The SMILES string of the molecule is CC(C)c1ccc(Cl)c(-c2ccc(C3CC3)cc2)c1. The molecule has 0 unspecified atom stereocenters. The van der Waals surface area contributed by atoms with E-state index in [1.54, 1.807) is 0 Å². The lowest BCUT2D eigenvalue weighted by Crippen LogP contribution is -1.89. The van der Waals surface area contributed by atoms with Crippen LogP contribution in [-0.4, -0.2) is 0 Å². The molecule has 0 amide bonds. The van der Waals surface area contributed by atoms with Crippen molar-refractivity contribution in [1.82, 2.24) is 0 Å². The zero-order chi connectivity index (χ0) is 13.4. The molecule has 0 spiro atoms. The van der Waals surface area contributed by atoms with Gasteiger partial charge in [-0.2, -0.15) is 0 Å². The Balaban J connectivity index is 1.97. The van der Waals surface area contributed by atoms with Gasteiger partial charge in [-0.3, -0.25) is 0 Å². The lowest BCUT2D eigenvalue weighted by molar-refractivity contribution is 0.867. The lowest BCUT2D eigenvalue weighted by Gasteiger charge is -2.11. The van der Waals surface area contributed by atoms with E-state index in [1.165, 1.54) is 29.5 Å². The Hall–Kier alpha value is -1.27. The van der Waals surface area contributed by atoms with Gasteiger partial charge in [-0.05, 0) is 53.5 Å². The molecule has 0 radical (unpaired) electrons. The number of benzene rings is 2. The molecule has 1 heteroatoms. The van der Waals surface area contributed by atoms with Crippen molar-refractivity contribution >= 4 is 11.6 Å². The van der Waals surface area contributed by atoms with E-state index in [2.05, 4.69) is 50.2 Å². The summed E-state index contributed by atoms with van der Waals surface area (Å²) in [7, 11) is 0. The molecule has 2 aromatic carbocycles. The Kier molecular flexibility index (Phi) is 3.36. The molecule has 1 aliphatic carbocycles. The van der Waals surface area contributed by atoms with Gasteiger partial charge in [0.25, 0.3) is 0 Å². The van der Waals surface area contributed by atoms with Crippen LogP contribution in [0.15, 0.2) is 42.5 Å². The first-order valence-corrected chi connectivity index (χ1v) is 7.42. The highest BCUT2D eigenvalue weighted by Crippen LogP contribution is 2.41. The summed E-state index contributed by atoms with van der Waals surface area (Å²) in [5.41, 5.74) is 5.18. The normalized spacial score (nSPS) is 14.9. The number of halogens is 1. The van der Waals surface area contributed by atoms with Gasteiger partial charge in [-0.1, -0.05) is 55.8 Å². The van der Waals surface area contributed by atoms with Gasteiger partial charge in [0.15, 0.2) is 0 Å². The molecule has 0 atom stereocenters. The second-order valence-electron chi connectivity index (χ2n) is 5.79. The smallest absolute Gasteiger partial charge is 0.0484 e. The molecule has 0 aromatic heterocycles. The molecule has 0 saturated heterocycles. The van der Waals surface area contributed by atoms with Crippen LogP contribution in [0.5, 0.6) is 0 Å². The molecule has 1 fully saturated rings. The first-order chi connectivity index (χ1) is 9.15. The van der Waals surface area contributed by atoms with E-state index < -0.39 is 0 Å². The van der Waals surface area contributed by atoms with Gasteiger partial charge in [0, 0.05) is 10.6 Å². The first kappa shape index (κ1) is 12.7. The highest BCUT2D eigenvalue weighted by molar-refractivity contribution is 6.33. The summed E-state index contributed by atoms with van der Waals surface area (Å²) in [6.07, 6.45) is 2.70. The minimum absolute atomic E-state index is 0.529. The predicted molar refractivity (Wildman–Crippen MR) is 83.0 cm³/mol. The largest absolute Gasteiger partial charge is 0.0837 e. The predicted octanol–water partition coefficient (Wildman–Crippen LogP) is 6.01. The molecule has 3 rings (SSSR count). The Bertz CT molecular complexity index is 577. The molecule has 0 aliphatic heterocycles. The van der Waals surface area contributed by atoms with Gasteiger partial charge in [-0.25, -0.2) is 0 Å². The molecule has 0 heterocycles. The third-order valence-corrected chi connectivity index (χ3v) is 4.26. The average molecular weight is 271 g/mol. The van der Waals surface area contributed by atoms with Gasteiger partial charge < -0.3 is 0 Å². The van der Waals surface area contributed by atoms with Crippen LogP contribution in [0.1, 0.15) is 49.7 Å². The van der Waals surface area contributed by atoms with Gasteiger partial charge >= 0.3 is 0 Å². The topological polar surface area (TPSA) is 0 Å². The lowest BCUT2D eigenvalue weighted by atomic mass is 9.96. The summed E-state index contributed by atoms with van der Waals surface area (Å²) in [5.74, 6) is 1.34. The van der Waals surface area contributed by atoms with Crippen molar-refractivity contribution in [3.8, 4) is 11.1 Å². The van der Waals surface area contributed by atoms with Crippen LogP contribution in [0.25, 0.3) is 11.1 Å². The fraction of sp³-hybridized carbons (Fsp3) is 0.333. The molecule has 2 aromatic rings. The van der Waals surface area contributed by atoms with Crippen molar-refractivity contribution in [2.75, 3.05) is 0 Å². The molecular formula is C18H19Cl. The highest BCUT2D eigenvalue weighted by atomic mass is 35.5. The van der Waals surface area contributed by atoms with Crippen molar-refractivity contribution < 1.29 is 0 Å². The molecule has 0 N–H and O–H groups in total. The van der Waals surface area contributed by atoms with Gasteiger partial charge in [0.2, 0.25) is 0 Å². The first-order valence-electron chi connectivity index (χ1n) is 7.05. The van der Waals surface area contributed by atoms with E-state index in [0.717, 1.165) is 16.5 Å². The summed E-state index contributed by atoms with van der Waals surface area (Å²) in [5, 5.41) is 0.837. The maximum Gasteiger partial charge on any atom is 0.0484 e. The maximum absolute atomic E-state index is 6.35. The van der Waals surface area contributed by atoms with Gasteiger partial charge in [0.1, 0.15) is 0 Å². The molecule has 98 valence electrons. The fourth-order valence-electron chi connectivity index (χ4n) is 2.47. The molecular weight excluding hydrogens is 252 g/mol. The maximum atomic E-state index is 6.35. The zero-order valence-electron chi connectivity index (χ0n) is 11.5. The van der Waals surface area contributed by atoms with Crippen LogP contribution in [0.4, 0.5) is 0 Å². The molecule has 1 aliphatic rings.